The van der Waals surface area contributed by atoms with Gasteiger partial charge in [0.2, 0.25) is 11.8 Å². The smallest absolute Gasteiger partial charge is 0.236 e. The topological polar surface area (TPSA) is 52.7 Å². The summed E-state index contributed by atoms with van der Waals surface area (Å²) in [7, 11) is 1.86. The van der Waals surface area contributed by atoms with Crippen molar-refractivity contribution in [3.63, 3.8) is 0 Å². The van der Waals surface area contributed by atoms with Gasteiger partial charge in [0.05, 0.1) is 6.54 Å². The van der Waals surface area contributed by atoms with Gasteiger partial charge in [-0.05, 0) is 25.7 Å². The molecule has 0 aromatic carbocycles. The molecule has 5 nitrogen and oxygen atoms in total. The van der Waals surface area contributed by atoms with Gasteiger partial charge in [-0.15, -0.1) is 0 Å². The number of carbonyl (C=O) groups excluding carboxylic acids is 2. The van der Waals surface area contributed by atoms with E-state index in [4.69, 9.17) is 0 Å². The van der Waals surface area contributed by atoms with Crippen LogP contribution in [0.25, 0.3) is 0 Å². The van der Waals surface area contributed by atoms with Gasteiger partial charge in [-0.1, -0.05) is 0 Å². The van der Waals surface area contributed by atoms with Crippen molar-refractivity contribution in [1.82, 2.24) is 15.1 Å². The van der Waals surface area contributed by atoms with E-state index >= 15 is 0 Å². The predicted molar refractivity (Wildman–Crippen MR) is 69.1 cm³/mol. The van der Waals surface area contributed by atoms with Gasteiger partial charge >= 0.3 is 0 Å². The van der Waals surface area contributed by atoms with Crippen LogP contribution in [0.5, 0.6) is 0 Å². The first-order valence-corrected chi connectivity index (χ1v) is 6.92. The highest BCUT2D eigenvalue weighted by atomic mass is 16.2. The molecule has 18 heavy (non-hydrogen) atoms. The minimum atomic E-state index is 0.131. The Morgan fingerprint density at radius 2 is 1.94 bits per heavy atom. The molecule has 1 N–H and O–H groups in total. The molecule has 0 aromatic heterocycles. The Bertz CT molecular complexity index is 293. The van der Waals surface area contributed by atoms with Crippen molar-refractivity contribution in [2.75, 3.05) is 33.2 Å². The average molecular weight is 253 g/mol. The van der Waals surface area contributed by atoms with Crippen molar-refractivity contribution in [3.8, 4) is 0 Å². The first kappa shape index (κ1) is 13.3. The summed E-state index contributed by atoms with van der Waals surface area (Å²) >= 11 is 0. The third-order valence-corrected chi connectivity index (χ3v) is 3.74. The average Bonchev–Trinajstić information content (AvgIpc) is 3.07. The zero-order chi connectivity index (χ0) is 13.0. The SMILES string of the molecule is CN(C(=O)CNCCC(=O)N1CCCC1)C1CC1. The molecule has 0 unspecified atom stereocenters. The van der Waals surface area contributed by atoms with Gasteiger partial charge in [0.1, 0.15) is 0 Å². The fourth-order valence-corrected chi connectivity index (χ4v) is 2.31. The minimum absolute atomic E-state index is 0.131. The third kappa shape index (κ3) is 3.70. The van der Waals surface area contributed by atoms with Crippen LogP contribution in [0.1, 0.15) is 32.1 Å². The summed E-state index contributed by atoms with van der Waals surface area (Å²) in [6.07, 6.45) is 5.03. The standard InChI is InChI=1S/C13H23N3O2/c1-15(11-4-5-11)13(18)10-14-7-6-12(17)16-8-2-3-9-16/h11,14H,2-10H2,1H3. The second kappa shape index (κ2) is 6.18. The molecule has 0 spiro atoms. The lowest BCUT2D eigenvalue weighted by Crippen LogP contribution is -2.38. The second-order valence-electron chi connectivity index (χ2n) is 5.25. The van der Waals surface area contributed by atoms with Crippen LogP contribution in [0, 0.1) is 0 Å². The lowest BCUT2D eigenvalue weighted by atomic mass is 10.3. The molecule has 2 amide bonds. The Morgan fingerprint density at radius 3 is 2.56 bits per heavy atom. The van der Waals surface area contributed by atoms with E-state index in [0.717, 1.165) is 38.8 Å². The molecule has 1 saturated heterocycles. The van der Waals surface area contributed by atoms with Crippen LogP contribution >= 0.6 is 0 Å². The van der Waals surface area contributed by atoms with Crippen molar-refractivity contribution >= 4 is 11.8 Å². The van der Waals surface area contributed by atoms with E-state index in [1.165, 1.54) is 0 Å². The Balaban J connectivity index is 1.54. The normalized spacial score (nSPS) is 19.1. The molecule has 0 radical (unpaired) electrons. The van der Waals surface area contributed by atoms with E-state index in [1.54, 1.807) is 0 Å². The van der Waals surface area contributed by atoms with Gasteiger partial charge in [-0.3, -0.25) is 9.59 Å². The Hall–Kier alpha value is -1.10. The van der Waals surface area contributed by atoms with E-state index in [2.05, 4.69) is 5.32 Å². The largest absolute Gasteiger partial charge is 0.343 e. The Labute approximate surface area is 108 Å². The summed E-state index contributed by atoms with van der Waals surface area (Å²) < 4.78 is 0. The number of amides is 2. The number of rotatable bonds is 6. The molecule has 0 atom stereocenters. The summed E-state index contributed by atoms with van der Waals surface area (Å²) in [6.45, 7) is 2.75. The molecule has 1 saturated carbocycles. The lowest BCUT2D eigenvalue weighted by Gasteiger charge is -2.17. The molecule has 1 aliphatic heterocycles. The molecule has 102 valence electrons. The van der Waals surface area contributed by atoms with Crippen LogP contribution in [0.15, 0.2) is 0 Å². The highest BCUT2D eigenvalue weighted by Gasteiger charge is 2.29. The van der Waals surface area contributed by atoms with E-state index in [-0.39, 0.29) is 11.8 Å². The fraction of sp³-hybridized carbons (Fsp3) is 0.846. The number of nitrogens with one attached hydrogen (secondary N) is 1. The summed E-state index contributed by atoms with van der Waals surface area (Å²) in [5, 5.41) is 3.06. The van der Waals surface area contributed by atoms with Gasteiger partial charge in [0, 0.05) is 39.1 Å². The van der Waals surface area contributed by atoms with Crippen LogP contribution in [0.2, 0.25) is 0 Å². The maximum Gasteiger partial charge on any atom is 0.236 e. The molecule has 5 heteroatoms. The molecule has 2 aliphatic rings. The van der Waals surface area contributed by atoms with Crippen molar-refractivity contribution in [3.05, 3.63) is 0 Å². The fourth-order valence-electron chi connectivity index (χ4n) is 2.31. The lowest BCUT2D eigenvalue weighted by molar-refractivity contribution is -0.131. The summed E-state index contributed by atoms with van der Waals surface area (Å²) in [5.74, 6) is 0.342. The van der Waals surface area contributed by atoms with Gasteiger partial charge in [0.25, 0.3) is 0 Å². The molecule has 1 heterocycles. The molecule has 2 rings (SSSR count). The van der Waals surface area contributed by atoms with Crippen molar-refractivity contribution in [1.29, 1.82) is 0 Å². The maximum absolute atomic E-state index is 11.7. The molecular formula is C13H23N3O2. The van der Waals surface area contributed by atoms with Crippen molar-refractivity contribution in [2.45, 2.75) is 38.1 Å². The number of carbonyl (C=O) groups is 2. The van der Waals surface area contributed by atoms with Gasteiger partial charge in [0.15, 0.2) is 0 Å². The summed E-state index contributed by atoms with van der Waals surface area (Å²) in [6, 6.07) is 0.463. The van der Waals surface area contributed by atoms with Gasteiger partial charge in [-0.25, -0.2) is 0 Å². The van der Waals surface area contributed by atoms with Crippen LogP contribution in [0.3, 0.4) is 0 Å². The van der Waals surface area contributed by atoms with Crippen molar-refractivity contribution in [2.24, 2.45) is 0 Å². The first-order chi connectivity index (χ1) is 8.68. The predicted octanol–water partition coefficient (Wildman–Crippen LogP) is 0.209. The Morgan fingerprint density at radius 1 is 1.28 bits per heavy atom. The van der Waals surface area contributed by atoms with Crippen LogP contribution in [-0.2, 0) is 9.59 Å². The number of hydrogen-bond acceptors (Lipinski definition) is 3. The summed E-state index contributed by atoms with van der Waals surface area (Å²) in [5.41, 5.74) is 0. The zero-order valence-electron chi connectivity index (χ0n) is 11.2. The number of likely N-dealkylation sites (N-methyl/N-ethyl adjacent to an activating group) is 1. The van der Waals surface area contributed by atoms with E-state index in [1.807, 2.05) is 16.8 Å². The van der Waals surface area contributed by atoms with E-state index in [0.29, 0.717) is 25.6 Å². The van der Waals surface area contributed by atoms with Crippen LogP contribution in [0.4, 0.5) is 0 Å². The van der Waals surface area contributed by atoms with Crippen LogP contribution in [-0.4, -0.2) is 60.9 Å². The number of nitrogens with zero attached hydrogens (tertiary/aromatic N) is 2. The van der Waals surface area contributed by atoms with Crippen LogP contribution < -0.4 is 5.32 Å². The molecule has 1 aliphatic carbocycles. The molecule has 2 fully saturated rings. The highest BCUT2D eigenvalue weighted by Crippen LogP contribution is 2.24. The zero-order valence-corrected chi connectivity index (χ0v) is 11.2. The van der Waals surface area contributed by atoms with E-state index in [9.17, 15) is 9.59 Å². The number of likely N-dealkylation sites (tertiary alicyclic amines) is 1. The molecule has 0 bridgehead atoms. The molecule has 0 aromatic rings. The maximum atomic E-state index is 11.7. The molecular weight excluding hydrogens is 230 g/mol. The summed E-state index contributed by atoms with van der Waals surface area (Å²) in [4.78, 5) is 27.2. The van der Waals surface area contributed by atoms with Gasteiger partial charge in [-0.2, -0.15) is 0 Å². The number of hydrogen-bond donors (Lipinski definition) is 1. The minimum Gasteiger partial charge on any atom is -0.343 e. The first-order valence-electron chi connectivity index (χ1n) is 6.92. The monoisotopic (exact) mass is 253 g/mol. The highest BCUT2D eigenvalue weighted by molar-refractivity contribution is 5.79. The van der Waals surface area contributed by atoms with E-state index < -0.39 is 0 Å². The second-order valence-corrected chi connectivity index (χ2v) is 5.25. The third-order valence-electron chi connectivity index (χ3n) is 3.74. The van der Waals surface area contributed by atoms with Gasteiger partial charge < -0.3 is 15.1 Å². The van der Waals surface area contributed by atoms with Crippen molar-refractivity contribution < 1.29 is 9.59 Å². The quantitative estimate of drug-likeness (QED) is 0.689. The Kier molecular flexibility index (Phi) is 4.58.